The van der Waals surface area contributed by atoms with Crippen LogP contribution in [0.25, 0.3) is 0 Å². The van der Waals surface area contributed by atoms with Gasteiger partial charge in [0.25, 0.3) is 0 Å². The van der Waals surface area contributed by atoms with E-state index in [1.165, 1.54) is 6.42 Å². The fourth-order valence-electron chi connectivity index (χ4n) is 2.10. The van der Waals surface area contributed by atoms with Crippen molar-refractivity contribution in [3.63, 3.8) is 0 Å². The normalized spacial score (nSPS) is 20.1. The Labute approximate surface area is 95.6 Å². The van der Waals surface area contributed by atoms with Gasteiger partial charge in [0.05, 0.1) is 6.61 Å². The topological polar surface area (TPSA) is 64.3 Å². The van der Waals surface area contributed by atoms with E-state index in [1.54, 1.807) is 6.33 Å². The second kappa shape index (κ2) is 5.12. The van der Waals surface area contributed by atoms with Crippen LogP contribution in [0.4, 0.5) is 5.82 Å². The first-order valence-electron chi connectivity index (χ1n) is 5.76. The minimum Gasteiger partial charge on any atom is -0.478 e. The molecule has 88 valence electrons. The highest BCUT2D eigenvalue weighted by Crippen LogP contribution is 2.24. The summed E-state index contributed by atoms with van der Waals surface area (Å²) in [5, 5.41) is 0. The van der Waals surface area contributed by atoms with Crippen molar-refractivity contribution in [2.75, 3.05) is 24.6 Å². The Hall–Kier alpha value is -1.36. The molecule has 1 aliphatic rings. The SMILES string of the molecule is CCOc1cc(N2CCCC2CN)ncn1. The van der Waals surface area contributed by atoms with Gasteiger partial charge in [-0.3, -0.25) is 0 Å². The van der Waals surface area contributed by atoms with Crippen molar-refractivity contribution < 1.29 is 4.74 Å². The number of nitrogens with zero attached hydrogens (tertiary/aromatic N) is 3. The molecule has 1 aliphatic heterocycles. The van der Waals surface area contributed by atoms with Gasteiger partial charge in [0, 0.05) is 25.2 Å². The number of anilines is 1. The van der Waals surface area contributed by atoms with Crippen LogP contribution in [0.1, 0.15) is 19.8 Å². The van der Waals surface area contributed by atoms with Gasteiger partial charge in [0.1, 0.15) is 12.1 Å². The number of ether oxygens (including phenoxy) is 1. The Morgan fingerprint density at radius 3 is 3.19 bits per heavy atom. The first-order chi connectivity index (χ1) is 7.85. The van der Waals surface area contributed by atoms with E-state index in [4.69, 9.17) is 10.5 Å². The monoisotopic (exact) mass is 222 g/mol. The molecule has 0 radical (unpaired) electrons. The van der Waals surface area contributed by atoms with Crippen LogP contribution in [0.2, 0.25) is 0 Å². The summed E-state index contributed by atoms with van der Waals surface area (Å²) in [4.78, 5) is 10.6. The molecule has 5 heteroatoms. The van der Waals surface area contributed by atoms with E-state index in [9.17, 15) is 0 Å². The number of hydrogen-bond acceptors (Lipinski definition) is 5. The van der Waals surface area contributed by atoms with Gasteiger partial charge in [-0.25, -0.2) is 9.97 Å². The molecule has 5 nitrogen and oxygen atoms in total. The Morgan fingerprint density at radius 1 is 1.56 bits per heavy atom. The summed E-state index contributed by atoms with van der Waals surface area (Å²) in [5.74, 6) is 1.56. The zero-order valence-corrected chi connectivity index (χ0v) is 9.59. The van der Waals surface area contributed by atoms with Gasteiger partial charge in [-0.1, -0.05) is 0 Å². The summed E-state index contributed by atoms with van der Waals surface area (Å²) >= 11 is 0. The van der Waals surface area contributed by atoms with Gasteiger partial charge in [0.2, 0.25) is 5.88 Å². The molecule has 0 spiro atoms. The van der Waals surface area contributed by atoms with Crippen molar-refractivity contribution in [3.05, 3.63) is 12.4 Å². The molecule has 16 heavy (non-hydrogen) atoms. The quantitative estimate of drug-likeness (QED) is 0.816. The van der Waals surface area contributed by atoms with Crippen LogP contribution in [-0.2, 0) is 0 Å². The van der Waals surface area contributed by atoms with Gasteiger partial charge in [-0.2, -0.15) is 0 Å². The molecule has 0 amide bonds. The van der Waals surface area contributed by atoms with Crippen molar-refractivity contribution >= 4 is 5.82 Å². The Kier molecular flexibility index (Phi) is 3.56. The third-order valence-electron chi connectivity index (χ3n) is 2.86. The maximum absolute atomic E-state index is 5.74. The van der Waals surface area contributed by atoms with Crippen molar-refractivity contribution in [2.45, 2.75) is 25.8 Å². The van der Waals surface area contributed by atoms with Crippen LogP contribution in [0.5, 0.6) is 5.88 Å². The van der Waals surface area contributed by atoms with Crippen LogP contribution in [-0.4, -0.2) is 35.7 Å². The summed E-state index contributed by atoms with van der Waals surface area (Å²) in [6, 6.07) is 2.29. The fraction of sp³-hybridized carbons (Fsp3) is 0.636. The molecule has 2 heterocycles. The maximum Gasteiger partial charge on any atom is 0.218 e. The molecule has 2 rings (SSSR count). The van der Waals surface area contributed by atoms with E-state index in [2.05, 4.69) is 14.9 Å². The fourth-order valence-corrected chi connectivity index (χ4v) is 2.10. The van der Waals surface area contributed by atoms with Crippen LogP contribution < -0.4 is 15.4 Å². The number of aromatic nitrogens is 2. The highest BCUT2D eigenvalue weighted by molar-refractivity contribution is 5.43. The Balaban J connectivity index is 2.16. The molecule has 0 bridgehead atoms. The number of hydrogen-bond donors (Lipinski definition) is 1. The number of rotatable bonds is 4. The molecular formula is C11H18N4O. The predicted molar refractivity (Wildman–Crippen MR) is 62.6 cm³/mol. The Morgan fingerprint density at radius 2 is 2.44 bits per heavy atom. The highest BCUT2D eigenvalue weighted by Gasteiger charge is 2.24. The zero-order valence-electron chi connectivity index (χ0n) is 9.59. The molecule has 0 saturated carbocycles. The average Bonchev–Trinajstić information content (AvgIpc) is 2.78. The second-order valence-electron chi connectivity index (χ2n) is 3.87. The van der Waals surface area contributed by atoms with Gasteiger partial charge < -0.3 is 15.4 Å². The first-order valence-corrected chi connectivity index (χ1v) is 5.76. The molecule has 0 aromatic carbocycles. The smallest absolute Gasteiger partial charge is 0.218 e. The van der Waals surface area contributed by atoms with Crippen molar-refractivity contribution in [3.8, 4) is 5.88 Å². The van der Waals surface area contributed by atoms with E-state index >= 15 is 0 Å². The highest BCUT2D eigenvalue weighted by atomic mass is 16.5. The lowest BCUT2D eigenvalue weighted by Crippen LogP contribution is -2.35. The van der Waals surface area contributed by atoms with Crippen molar-refractivity contribution in [2.24, 2.45) is 5.73 Å². The van der Waals surface area contributed by atoms with Crippen LogP contribution >= 0.6 is 0 Å². The maximum atomic E-state index is 5.74. The van der Waals surface area contributed by atoms with Crippen molar-refractivity contribution in [1.82, 2.24) is 9.97 Å². The summed E-state index contributed by atoms with van der Waals surface area (Å²) in [6.07, 6.45) is 3.87. The lowest BCUT2D eigenvalue weighted by molar-refractivity contribution is 0.326. The zero-order chi connectivity index (χ0) is 11.4. The molecule has 1 fully saturated rings. The third-order valence-corrected chi connectivity index (χ3v) is 2.86. The van der Waals surface area contributed by atoms with E-state index in [-0.39, 0.29) is 0 Å². The van der Waals surface area contributed by atoms with E-state index in [0.717, 1.165) is 18.8 Å². The van der Waals surface area contributed by atoms with Crippen LogP contribution in [0.15, 0.2) is 12.4 Å². The van der Waals surface area contributed by atoms with Crippen LogP contribution in [0.3, 0.4) is 0 Å². The lowest BCUT2D eigenvalue weighted by atomic mass is 10.2. The largest absolute Gasteiger partial charge is 0.478 e. The number of nitrogens with two attached hydrogens (primary N) is 1. The summed E-state index contributed by atoms with van der Waals surface area (Å²) in [7, 11) is 0. The molecule has 1 saturated heterocycles. The minimum atomic E-state index is 0.407. The van der Waals surface area contributed by atoms with E-state index in [1.807, 2.05) is 13.0 Å². The van der Waals surface area contributed by atoms with Crippen molar-refractivity contribution in [1.29, 1.82) is 0 Å². The van der Waals surface area contributed by atoms with Gasteiger partial charge >= 0.3 is 0 Å². The molecule has 1 aromatic rings. The molecule has 1 aromatic heterocycles. The molecular weight excluding hydrogens is 204 g/mol. The average molecular weight is 222 g/mol. The van der Waals surface area contributed by atoms with E-state index in [0.29, 0.717) is 25.1 Å². The molecule has 1 unspecified atom stereocenters. The van der Waals surface area contributed by atoms with Crippen LogP contribution in [0, 0.1) is 0 Å². The minimum absolute atomic E-state index is 0.407. The van der Waals surface area contributed by atoms with Gasteiger partial charge in [0.15, 0.2) is 0 Å². The van der Waals surface area contributed by atoms with E-state index < -0.39 is 0 Å². The van der Waals surface area contributed by atoms with Gasteiger partial charge in [-0.05, 0) is 19.8 Å². The first kappa shape index (κ1) is 11.1. The summed E-state index contributed by atoms with van der Waals surface area (Å²) < 4.78 is 5.37. The summed E-state index contributed by atoms with van der Waals surface area (Å²) in [5.41, 5.74) is 5.74. The lowest BCUT2D eigenvalue weighted by Gasteiger charge is -2.24. The predicted octanol–water partition coefficient (Wildman–Crippen LogP) is 0.803. The third kappa shape index (κ3) is 2.24. The van der Waals surface area contributed by atoms with Gasteiger partial charge in [-0.15, -0.1) is 0 Å². The summed E-state index contributed by atoms with van der Waals surface area (Å²) in [6.45, 7) is 4.26. The molecule has 2 N–H and O–H groups in total. The molecule has 1 atom stereocenters. The molecule has 0 aliphatic carbocycles. The standard InChI is InChI=1S/C11H18N4O/c1-2-16-11-6-10(13-8-14-11)15-5-3-4-9(15)7-12/h6,8-9H,2-5,7,12H2,1H3. The second-order valence-corrected chi connectivity index (χ2v) is 3.87. The Bertz CT molecular complexity index is 345.